The van der Waals surface area contributed by atoms with E-state index in [0.29, 0.717) is 29.6 Å². The zero-order valence-electron chi connectivity index (χ0n) is 19.6. The lowest BCUT2D eigenvalue weighted by atomic mass is 10.1. The molecule has 0 aliphatic rings. The van der Waals surface area contributed by atoms with Crippen LogP contribution in [0.25, 0.3) is 17.3 Å². The number of nitrogens with zero attached hydrogens (tertiary/aromatic N) is 2. The fourth-order valence-corrected chi connectivity index (χ4v) is 3.40. The lowest BCUT2D eigenvalue weighted by Gasteiger charge is -2.09. The Balaban J connectivity index is 1.36. The fourth-order valence-electron chi connectivity index (χ4n) is 3.40. The van der Waals surface area contributed by atoms with Crippen LogP contribution in [0, 0.1) is 0 Å². The molecule has 0 aliphatic carbocycles. The highest BCUT2D eigenvalue weighted by molar-refractivity contribution is 6.02. The lowest BCUT2D eigenvalue weighted by Crippen LogP contribution is -2.07. The molecule has 35 heavy (non-hydrogen) atoms. The predicted molar refractivity (Wildman–Crippen MR) is 139 cm³/mol. The third-order valence-electron chi connectivity index (χ3n) is 5.08. The number of carbonyl (C=O) groups excluding carboxylic acids is 1. The molecule has 0 saturated heterocycles. The maximum absolute atomic E-state index is 12.4. The number of carbonyl (C=O) groups is 1. The summed E-state index contributed by atoms with van der Waals surface area (Å²) in [5, 5.41) is 6.12. The molecule has 4 aromatic rings. The molecule has 4 rings (SSSR count). The SMILES string of the molecule is CCOc1ccc(/C=C/C(=O)Nc2ccc(Nc3cc(-c4ccccc4)ncn3)cc2)cc1OC. The minimum Gasteiger partial charge on any atom is -0.493 e. The van der Waals surface area contributed by atoms with Gasteiger partial charge in [0, 0.05) is 29.1 Å². The first kappa shape index (κ1) is 23.5. The van der Waals surface area contributed by atoms with E-state index >= 15 is 0 Å². The monoisotopic (exact) mass is 466 g/mol. The number of amides is 1. The van der Waals surface area contributed by atoms with Crippen LogP contribution in [0.5, 0.6) is 11.5 Å². The number of anilines is 3. The lowest BCUT2D eigenvalue weighted by molar-refractivity contribution is -0.111. The summed E-state index contributed by atoms with van der Waals surface area (Å²) in [5.74, 6) is 1.74. The average Bonchev–Trinajstić information content (AvgIpc) is 2.90. The fraction of sp³-hybridized carbons (Fsp3) is 0.107. The normalized spacial score (nSPS) is 10.7. The molecule has 176 valence electrons. The van der Waals surface area contributed by atoms with Crippen LogP contribution < -0.4 is 20.1 Å². The second kappa shape index (κ2) is 11.5. The summed E-state index contributed by atoms with van der Waals surface area (Å²) in [6.45, 7) is 2.47. The van der Waals surface area contributed by atoms with Gasteiger partial charge in [-0.05, 0) is 55.0 Å². The summed E-state index contributed by atoms with van der Waals surface area (Å²) < 4.78 is 10.9. The quantitative estimate of drug-likeness (QED) is 0.297. The number of benzene rings is 3. The third-order valence-corrected chi connectivity index (χ3v) is 5.08. The van der Waals surface area contributed by atoms with Crippen LogP contribution in [0.3, 0.4) is 0 Å². The molecule has 0 aliphatic heterocycles. The average molecular weight is 467 g/mol. The maximum atomic E-state index is 12.4. The first-order chi connectivity index (χ1) is 17.1. The van der Waals surface area contributed by atoms with Gasteiger partial charge < -0.3 is 20.1 Å². The third kappa shape index (κ3) is 6.45. The van der Waals surface area contributed by atoms with Gasteiger partial charge in [0.25, 0.3) is 0 Å². The summed E-state index contributed by atoms with van der Waals surface area (Å²) in [4.78, 5) is 21.0. The van der Waals surface area contributed by atoms with E-state index in [1.165, 1.54) is 12.4 Å². The molecule has 1 heterocycles. The van der Waals surface area contributed by atoms with Crippen molar-refractivity contribution in [1.82, 2.24) is 9.97 Å². The van der Waals surface area contributed by atoms with Crippen LogP contribution in [-0.4, -0.2) is 29.6 Å². The number of nitrogens with one attached hydrogen (secondary N) is 2. The molecule has 7 nitrogen and oxygen atoms in total. The van der Waals surface area contributed by atoms with Gasteiger partial charge in [-0.1, -0.05) is 36.4 Å². The second-order valence-electron chi connectivity index (χ2n) is 7.52. The Morgan fingerprint density at radius 2 is 1.69 bits per heavy atom. The maximum Gasteiger partial charge on any atom is 0.248 e. The molecule has 0 atom stereocenters. The van der Waals surface area contributed by atoms with Gasteiger partial charge in [0.15, 0.2) is 11.5 Å². The van der Waals surface area contributed by atoms with E-state index in [2.05, 4.69) is 20.6 Å². The minimum absolute atomic E-state index is 0.234. The molecule has 0 saturated carbocycles. The summed E-state index contributed by atoms with van der Waals surface area (Å²) in [6, 6.07) is 24.7. The van der Waals surface area contributed by atoms with Crippen LogP contribution in [0.2, 0.25) is 0 Å². The number of aromatic nitrogens is 2. The molecule has 1 amide bonds. The number of hydrogen-bond donors (Lipinski definition) is 2. The smallest absolute Gasteiger partial charge is 0.248 e. The van der Waals surface area contributed by atoms with Gasteiger partial charge >= 0.3 is 0 Å². The number of ether oxygens (including phenoxy) is 2. The van der Waals surface area contributed by atoms with Gasteiger partial charge in [-0.3, -0.25) is 4.79 Å². The van der Waals surface area contributed by atoms with Crippen LogP contribution in [-0.2, 0) is 4.79 Å². The van der Waals surface area contributed by atoms with Crippen molar-refractivity contribution in [2.75, 3.05) is 24.4 Å². The number of hydrogen-bond acceptors (Lipinski definition) is 6. The van der Waals surface area contributed by atoms with Crippen molar-refractivity contribution in [3.05, 3.63) is 96.8 Å². The molecule has 3 aromatic carbocycles. The Hall–Kier alpha value is -4.65. The Bertz CT molecular complexity index is 1310. The highest BCUT2D eigenvalue weighted by Gasteiger charge is 2.05. The van der Waals surface area contributed by atoms with Crippen molar-refractivity contribution in [3.8, 4) is 22.8 Å². The zero-order valence-corrected chi connectivity index (χ0v) is 19.6. The topological polar surface area (TPSA) is 85.4 Å². The largest absolute Gasteiger partial charge is 0.493 e. The van der Waals surface area contributed by atoms with E-state index in [1.807, 2.05) is 85.8 Å². The van der Waals surface area contributed by atoms with Gasteiger partial charge in [0.1, 0.15) is 12.1 Å². The Morgan fingerprint density at radius 3 is 2.43 bits per heavy atom. The molecule has 0 spiro atoms. The highest BCUT2D eigenvalue weighted by Crippen LogP contribution is 2.28. The van der Waals surface area contributed by atoms with Crippen LogP contribution >= 0.6 is 0 Å². The van der Waals surface area contributed by atoms with E-state index in [1.54, 1.807) is 13.2 Å². The predicted octanol–water partition coefficient (Wildman–Crippen LogP) is 5.95. The van der Waals surface area contributed by atoms with E-state index in [9.17, 15) is 4.79 Å². The van der Waals surface area contributed by atoms with Crippen molar-refractivity contribution in [3.63, 3.8) is 0 Å². The molecular formula is C28H26N4O3. The summed E-state index contributed by atoms with van der Waals surface area (Å²) in [6.07, 6.45) is 4.74. The van der Waals surface area contributed by atoms with Gasteiger partial charge in [-0.15, -0.1) is 0 Å². The van der Waals surface area contributed by atoms with Crippen molar-refractivity contribution in [2.24, 2.45) is 0 Å². The first-order valence-corrected chi connectivity index (χ1v) is 11.2. The van der Waals surface area contributed by atoms with Gasteiger partial charge in [0.05, 0.1) is 19.4 Å². The molecule has 0 fully saturated rings. The van der Waals surface area contributed by atoms with Crippen molar-refractivity contribution < 1.29 is 14.3 Å². The van der Waals surface area contributed by atoms with E-state index in [0.717, 1.165) is 22.5 Å². The van der Waals surface area contributed by atoms with Crippen LogP contribution in [0.15, 0.2) is 91.3 Å². The molecule has 2 N–H and O–H groups in total. The number of methoxy groups -OCH3 is 1. The van der Waals surface area contributed by atoms with Crippen molar-refractivity contribution in [2.45, 2.75) is 6.92 Å². The van der Waals surface area contributed by atoms with Crippen molar-refractivity contribution in [1.29, 1.82) is 0 Å². The van der Waals surface area contributed by atoms with Crippen LogP contribution in [0.4, 0.5) is 17.2 Å². The summed E-state index contributed by atoms with van der Waals surface area (Å²) in [7, 11) is 1.59. The first-order valence-electron chi connectivity index (χ1n) is 11.2. The molecule has 7 heteroatoms. The molecule has 0 bridgehead atoms. The van der Waals surface area contributed by atoms with E-state index in [4.69, 9.17) is 9.47 Å². The van der Waals surface area contributed by atoms with Gasteiger partial charge in [0.2, 0.25) is 5.91 Å². The number of rotatable bonds is 9. The zero-order chi connectivity index (χ0) is 24.5. The van der Waals surface area contributed by atoms with E-state index < -0.39 is 0 Å². The molecule has 0 unspecified atom stereocenters. The Morgan fingerprint density at radius 1 is 0.914 bits per heavy atom. The van der Waals surface area contributed by atoms with E-state index in [-0.39, 0.29) is 5.91 Å². The second-order valence-corrected chi connectivity index (χ2v) is 7.52. The summed E-state index contributed by atoms with van der Waals surface area (Å²) in [5.41, 5.74) is 4.22. The van der Waals surface area contributed by atoms with Gasteiger partial charge in [-0.2, -0.15) is 0 Å². The minimum atomic E-state index is -0.234. The van der Waals surface area contributed by atoms with Gasteiger partial charge in [-0.25, -0.2) is 9.97 Å². The molecule has 1 aromatic heterocycles. The highest BCUT2D eigenvalue weighted by atomic mass is 16.5. The molecule has 0 radical (unpaired) electrons. The Labute approximate surface area is 204 Å². The van der Waals surface area contributed by atoms with Crippen LogP contribution in [0.1, 0.15) is 12.5 Å². The summed E-state index contributed by atoms with van der Waals surface area (Å²) >= 11 is 0. The Kier molecular flexibility index (Phi) is 7.70. The van der Waals surface area contributed by atoms with Crippen molar-refractivity contribution >= 4 is 29.2 Å². The standard InChI is InChI=1S/C28H26N4O3/c1-3-35-25-15-9-20(17-26(25)34-2)10-16-28(33)32-23-13-11-22(12-14-23)31-27-18-24(29-19-30-27)21-7-5-4-6-8-21/h4-19H,3H2,1-2H3,(H,32,33)(H,29,30,31)/b16-10+. The molecular weight excluding hydrogens is 440 g/mol.